The van der Waals surface area contributed by atoms with Crippen molar-refractivity contribution in [3.8, 4) is 0 Å². The fourth-order valence-electron chi connectivity index (χ4n) is 1.77. The smallest absolute Gasteiger partial charge is 0.408 e. The summed E-state index contributed by atoms with van der Waals surface area (Å²) in [4.78, 5) is 11.8. The van der Waals surface area contributed by atoms with E-state index in [4.69, 9.17) is 4.74 Å². The van der Waals surface area contributed by atoms with E-state index in [2.05, 4.69) is 29.8 Å². The molecule has 3 heteroatoms. The Morgan fingerprint density at radius 2 is 2.05 bits per heavy atom. The number of amides is 1. The zero-order chi connectivity index (χ0) is 15.0. The average Bonchev–Trinajstić information content (AvgIpc) is 2.35. The summed E-state index contributed by atoms with van der Waals surface area (Å²) < 4.78 is 5.25. The number of aryl methyl sites for hydroxylation is 1. The summed E-state index contributed by atoms with van der Waals surface area (Å²) in [5.74, 6) is 0. The van der Waals surface area contributed by atoms with Gasteiger partial charge in [0.25, 0.3) is 0 Å². The molecule has 0 aromatic heterocycles. The van der Waals surface area contributed by atoms with Crippen molar-refractivity contribution in [1.29, 1.82) is 0 Å². The van der Waals surface area contributed by atoms with Crippen LogP contribution < -0.4 is 5.32 Å². The second kappa shape index (κ2) is 7.56. The fraction of sp³-hybridized carbons (Fsp3) is 0.412. The summed E-state index contributed by atoms with van der Waals surface area (Å²) in [6, 6.07) is 10.0. The molecule has 0 unspecified atom stereocenters. The van der Waals surface area contributed by atoms with E-state index >= 15 is 0 Å². The summed E-state index contributed by atoms with van der Waals surface area (Å²) in [5.41, 5.74) is 3.47. The Morgan fingerprint density at radius 3 is 2.60 bits per heavy atom. The summed E-state index contributed by atoms with van der Waals surface area (Å²) in [7, 11) is 0. The monoisotopic (exact) mass is 273 g/mol. The molecule has 0 spiro atoms. The number of rotatable bonds is 5. The van der Waals surface area contributed by atoms with E-state index in [1.54, 1.807) is 6.08 Å². The minimum atomic E-state index is -0.494. The Balaban J connectivity index is 2.52. The van der Waals surface area contributed by atoms with Gasteiger partial charge in [0, 0.05) is 0 Å². The van der Waals surface area contributed by atoms with Gasteiger partial charge in [0.15, 0.2) is 0 Å². The molecular weight excluding hydrogens is 250 g/mol. The number of nitrogens with one attached hydrogen (secondary N) is 1. The Morgan fingerprint density at radius 1 is 1.40 bits per heavy atom. The van der Waals surface area contributed by atoms with Crippen molar-refractivity contribution in [3.05, 3.63) is 54.3 Å². The predicted molar refractivity (Wildman–Crippen MR) is 81.6 cm³/mol. The first-order valence-corrected chi connectivity index (χ1v) is 6.80. The number of carbonyl (C=O) groups is 1. The SMILES string of the molecule is C=C=C[C@H](CCc1ccccc1)NC(=O)OC(C)(C)C. The van der Waals surface area contributed by atoms with Crippen molar-refractivity contribution in [2.45, 2.75) is 45.3 Å². The molecule has 0 bridgehead atoms. The van der Waals surface area contributed by atoms with E-state index < -0.39 is 11.7 Å². The topological polar surface area (TPSA) is 38.3 Å². The van der Waals surface area contributed by atoms with Crippen LogP contribution in [-0.4, -0.2) is 17.7 Å². The van der Waals surface area contributed by atoms with E-state index in [-0.39, 0.29) is 6.04 Å². The number of hydrogen-bond donors (Lipinski definition) is 1. The van der Waals surface area contributed by atoms with Crippen LogP contribution in [0.3, 0.4) is 0 Å². The van der Waals surface area contributed by atoms with E-state index in [1.807, 2.05) is 39.0 Å². The van der Waals surface area contributed by atoms with Crippen LogP contribution in [0, 0.1) is 0 Å². The molecular formula is C17H23NO2. The van der Waals surface area contributed by atoms with Crippen molar-refractivity contribution in [2.75, 3.05) is 0 Å². The van der Waals surface area contributed by atoms with Crippen LogP contribution >= 0.6 is 0 Å². The average molecular weight is 273 g/mol. The molecule has 1 atom stereocenters. The quantitative estimate of drug-likeness (QED) is 0.827. The Kier molecular flexibility index (Phi) is 6.08. The fourth-order valence-corrected chi connectivity index (χ4v) is 1.77. The molecule has 0 saturated carbocycles. The van der Waals surface area contributed by atoms with E-state index in [9.17, 15) is 4.79 Å². The van der Waals surface area contributed by atoms with Crippen molar-refractivity contribution in [3.63, 3.8) is 0 Å². The first-order valence-electron chi connectivity index (χ1n) is 6.80. The van der Waals surface area contributed by atoms with Gasteiger partial charge in [-0.1, -0.05) is 36.9 Å². The lowest BCUT2D eigenvalue weighted by Crippen LogP contribution is -2.38. The molecule has 108 valence electrons. The molecule has 0 fully saturated rings. The van der Waals surface area contributed by atoms with Crippen LogP contribution in [0.2, 0.25) is 0 Å². The third-order valence-electron chi connectivity index (χ3n) is 2.61. The Hall–Kier alpha value is -1.99. The van der Waals surface area contributed by atoms with E-state index in [1.165, 1.54) is 5.56 Å². The molecule has 0 aliphatic rings. The predicted octanol–water partition coefficient (Wildman–Crippen LogP) is 3.85. The summed E-state index contributed by atoms with van der Waals surface area (Å²) in [6.45, 7) is 9.09. The standard InChI is InChI=1S/C17H23NO2/c1-5-9-15(18-16(19)20-17(2,3)4)13-12-14-10-7-6-8-11-14/h6-11,15H,1,12-13H2,2-4H3,(H,18,19)/t15-/m1/s1. The van der Waals surface area contributed by atoms with Crippen molar-refractivity contribution in [1.82, 2.24) is 5.32 Å². The van der Waals surface area contributed by atoms with Gasteiger partial charge < -0.3 is 10.1 Å². The molecule has 1 aromatic carbocycles. The van der Waals surface area contributed by atoms with Crippen LogP contribution in [0.4, 0.5) is 4.79 Å². The van der Waals surface area contributed by atoms with Crippen LogP contribution in [0.15, 0.2) is 48.7 Å². The van der Waals surface area contributed by atoms with E-state index in [0.29, 0.717) is 0 Å². The zero-order valence-corrected chi connectivity index (χ0v) is 12.5. The normalized spacial score (nSPS) is 12.2. The van der Waals surface area contributed by atoms with Gasteiger partial charge in [-0.2, -0.15) is 0 Å². The molecule has 0 aliphatic heterocycles. The number of carbonyl (C=O) groups excluding carboxylic acids is 1. The van der Waals surface area contributed by atoms with Crippen molar-refractivity contribution in [2.24, 2.45) is 0 Å². The summed E-state index contributed by atoms with van der Waals surface area (Å²) >= 11 is 0. The van der Waals surface area contributed by atoms with Gasteiger partial charge in [0.2, 0.25) is 0 Å². The maximum Gasteiger partial charge on any atom is 0.408 e. The highest BCUT2D eigenvalue weighted by atomic mass is 16.6. The van der Waals surface area contributed by atoms with Gasteiger partial charge in [0.1, 0.15) is 5.60 Å². The molecule has 0 radical (unpaired) electrons. The number of alkyl carbamates (subject to hydrolysis) is 1. The third kappa shape index (κ3) is 6.81. The lowest BCUT2D eigenvalue weighted by Gasteiger charge is -2.22. The second-order valence-corrected chi connectivity index (χ2v) is 5.65. The summed E-state index contributed by atoms with van der Waals surface area (Å²) in [5, 5.41) is 2.83. The molecule has 1 aromatic rings. The van der Waals surface area contributed by atoms with Gasteiger partial charge in [-0.15, -0.1) is 5.73 Å². The highest BCUT2D eigenvalue weighted by molar-refractivity contribution is 5.68. The molecule has 1 rings (SSSR count). The van der Waals surface area contributed by atoms with Crippen LogP contribution in [0.25, 0.3) is 0 Å². The van der Waals surface area contributed by atoms with Crippen molar-refractivity contribution < 1.29 is 9.53 Å². The lowest BCUT2D eigenvalue weighted by atomic mass is 10.1. The minimum absolute atomic E-state index is 0.123. The summed E-state index contributed by atoms with van der Waals surface area (Å²) in [6.07, 6.45) is 3.00. The highest BCUT2D eigenvalue weighted by Crippen LogP contribution is 2.09. The molecule has 1 amide bonds. The van der Waals surface area contributed by atoms with Gasteiger partial charge in [0.05, 0.1) is 6.04 Å². The van der Waals surface area contributed by atoms with Crippen LogP contribution in [0.5, 0.6) is 0 Å². The zero-order valence-electron chi connectivity index (χ0n) is 12.5. The first-order chi connectivity index (χ1) is 9.40. The molecule has 20 heavy (non-hydrogen) atoms. The van der Waals surface area contributed by atoms with Gasteiger partial charge in [-0.05, 0) is 45.3 Å². The van der Waals surface area contributed by atoms with Crippen LogP contribution in [0.1, 0.15) is 32.8 Å². The molecule has 1 N–H and O–H groups in total. The number of benzene rings is 1. The van der Waals surface area contributed by atoms with Crippen LogP contribution in [-0.2, 0) is 11.2 Å². The van der Waals surface area contributed by atoms with Gasteiger partial charge >= 0.3 is 6.09 Å². The van der Waals surface area contributed by atoms with Gasteiger partial charge in [-0.3, -0.25) is 0 Å². The number of hydrogen-bond acceptors (Lipinski definition) is 2. The lowest BCUT2D eigenvalue weighted by molar-refractivity contribution is 0.0512. The maximum absolute atomic E-state index is 11.8. The third-order valence-corrected chi connectivity index (χ3v) is 2.61. The maximum atomic E-state index is 11.8. The Bertz CT molecular complexity index is 468. The van der Waals surface area contributed by atoms with Gasteiger partial charge in [-0.25, -0.2) is 4.79 Å². The second-order valence-electron chi connectivity index (χ2n) is 5.65. The van der Waals surface area contributed by atoms with E-state index in [0.717, 1.165) is 12.8 Å². The molecule has 0 aliphatic carbocycles. The molecule has 0 saturated heterocycles. The number of ether oxygens (including phenoxy) is 1. The first kappa shape index (κ1) is 16.1. The Labute approximate surface area is 121 Å². The highest BCUT2D eigenvalue weighted by Gasteiger charge is 2.18. The van der Waals surface area contributed by atoms with Crippen molar-refractivity contribution >= 4 is 6.09 Å². The largest absolute Gasteiger partial charge is 0.444 e. The molecule has 0 heterocycles. The molecule has 3 nitrogen and oxygen atoms in total. The minimum Gasteiger partial charge on any atom is -0.444 e.